The lowest BCUT2D eigenvalue weighted by atomic mass is 10.4. The van der Waals surface area contributed by atoms with E-state index in [0.717, 1.165) is 11.3 Å². The maximum absolute atomic E-state index is 7.84. The van der Waals surface area contributed by atoms with Crippen molar-refractivity contribution in [3.63, 3.8) is 0 Å². The van der Waals surface area contributed by atoms with E-state index in [9.17, 15) is 0 Å². The van der Waals surface area contributed by atoms with E-state index in [-0.39, 0.29) is 5.00 Å². The highest BCUT2D eigenvalue weighted by Gasteiger charge is 2.12. The molecular formula is C8H10BrNOS. The van der Waals surface area contributed by atoms with E-state index in [1.807, 2.05) is 0 Å². The van der Waals surface area contributed by atoms with Crippen molar-refractivity contribution in [3.05, 3.63) is 15.9 Å². The quantitative estimate of drug-likeness (QED) is 0.764. The highest BCUT2D eigenvalue weighted by molar-refractivity contribution is 9.11. The van der Waals surface area contributed by atoms with E-state index in [1.165, 1.54) is 6.07 Å². The fraction of sp³-hybridized carbons (Fsp3) is 0.500. The van der Waals surface area contributed by atoms with Crippen LogP contribution in [-0.4, -0.2) is 26.1 Å². The molecule has 0 aliphatic carbocycles. The van der Waals surface area contributed by atoms with Crippen molar-refractivity contribution >= 4 is 32.3 Å². The SMILES string of the molecule is [2H]C1([2H])OC([2H])([2H])C([2H])([2H])N(c2ccc(Br)s2)C1([2H])[2H]. The summed E-state index contributed by atoms with van der Waals surface area (Å²) in [5.74, 6) is 0. The Kier molecular flexibility index (Phi) is 1.02. The first kappa shape index (κ1) is 3.26. The topological polar surface area (TPSA) is 12.5 Å². The molecule has 1 fully saturated rings. The number of nitrogens with zero attached hydrogens (tertiary/aromatic N) is 1. The number of thiophene rings is 1. The second-order valence-corrected chi connectivity index (χ2v) is 4.38. The Morgan fingerprint density at radius 2 is 2.25 bits per heavy atom. The van der Waals surface area contributed by atoms with Crippen molar-refractivity contribution in [2.75, 3.05) is 31.0 Å². The number of halogens is 1. The summed E-state index contributed by atoms with van der Waals surface area (Å²) in [5, 5.41) is 0.0583. The van der Waals surface area contributed by atoms with Crippen LogP contribution in [0.3, 0.4) is 0 Å². The minimum absolute atomic E-state index is 0.0583. The van der Waals surface area contributed by atoms with Gasteiger partial charge >= 0.3 is 0 Å². The zero-order chi connectivity index (χ0) is 15.6. The van der Waals surface area contributed by atoms with E-state index in [2.05, 4.69) is 20.7 Å². The maximum Gasteiger partial charge on any atom is 0.0921 e. The summed E-state index contributed by atoms with van der Waals surface area (Å²) in [5.41, 5.74) is 0. The van der Waals surface area contributed by atoms with E-state index in [0.29, 0.717) is 8.69 Å². The summed E-state index contributed by atoms with van der Waals surface area (Å²) in [6, 6.07) is 2.94. The molecule has 0 amide bonds. The van der Waals surface area contributed by atoms with Gasteiger partial charge in [-0.25, -0.2) is 0 Å². The van der Waals surface area contributed by atoms with Crippen LogP contribution in [0.25, 0.3) is 0 Å². The molecule has 1 aliphatic heterocycles. The van der Waals surface area contributed by atoms with Gasteiger partial charge in [0.15, 0.2) is 0 Å². The predicted molar refractivity (Wildman–Crippen MR) is 55.1 cm³/mol. The number of anilines is 1. The van der Waals surface area contributed by atoms with Crippen LogP contribution in [-0.2, 0) is 4.74 Å². The molecular weight excluding hydrogens is 238 g/mol. The minimum Gasteiger partial charge on any atom is -0.378 e. The number of rotatable bonds is 1. The van der Waals surface area contributed by atoms with E-state index in [4.69, 9.17) is 11.0 Å². The van der Waals surface area contributed by atoms with Crippen molar-refractivity contribution in [2.24, 2.45) is 0 Å². The van der Waals surface area contributed by atoms with Gasteiger partial charge in [0.2, 0.25) is 0 Å². The summed E-state index contributed by atoms with van der Waals surface area (Å²) in [4.78, 5) is 0.457. The van der Waals surface area contributed by atoms with Gasteiger partial charge in [-0.3, -0.25) is 0 Å². The van der Waals surface area contributed by atoms with Crippen molar-refractivity contribution in [2.45, 2.75) is 0 Å². The van der Waals surface area contributed by atoms with Crippen molar-refractivity contribution in [1.29, 1.82) is 0 Å². The van der Waals surface area contributed by atoms with Crippen LogP contribution in [0.4, 0.5) is 5.00 Å². The zero-order valence-electron chi connectivity index (χ0n) is 13.8. The molecule has 0 atom stereocenters. The Morgan fingerprint density at radius 3 is 2.83 bits per heavy atom. The van der Waals surface area contributed by atoms with E-state index >= 15 is 0 Å². The third-order valence-electron chi connectivity index (χ3n) is 1.20. The first-order chi connectivity index (χ1) is 8.83. The summed E-state index contributed by atoms with van der Waals surface area (Å²) in [7, 11) is 0. The van der Waals surface area contributed by atoms with Gasteiger partial charge in [0, 0.05) is 13.0 Å². The summed E-state index contributed by atoms with van der Waals surface area (Å²) in [6.45, 7) is -11.8. The van der Waals surface area contributed by atoms with Gasteiger partial charge in [-0.15, -0.1) is 11.3 Å². The fourth-order valence-corrected chi connectivity index (χ4v) is 2.01. The average Bonchev–Trinajstić information content (AvgIpc) is 2.60. The molecule has 0 aromatic carbocycles. The number of hydrogen-bond donors (Lipinski definition) is 0. The van der Waals surface area contributed by atoms with Crippen LogP contribution in [0.5, 0.6) is 0 Å². The largest absolute Gasteiger partial charge is 0.378 e. The Morgan fingerprint density at radius 1 is 1.50 bits per heavy atom. The van der Waals surface area contributed by atoms with Crippen LogP contribution in [0.2, 0.25) is 0 Å². The lowest BCUT2D eigenvalue weighted by Gasteiger charge is -2.27. The fourth-order valence-electron chi connectivity index (χ4n) is 0.726. The van der Waals surface area contributed by atoms with Gasteiger partial charge in [0.25, 0.3) is 0 Å². The number of morpholine rings is 1. The third-order valence-corrected chi connectivity index (χ3v) is 2.81. The molecule has 2 nitrogen and oxygen atoms in total. The van der Waals surface area contributed by atoms with Crippen LogP contribution in [0, 0.1) is 0 Å². The van der Waals surface area contributed by atoms with Crippen LogP contribution >= 0.6 is 27.3 Å². The molecule has 4 heteroatoms. The summed E-state index contributed by atoms with van der Waals surface area (Å²) < 4.78 is 66.6. The second kappa shape index (κ2) is 3.77. The van der Waals surface area contributed by atoms with E-state index in [1.54, 1.807) is 6.07 Å². The normalized spacial score (nSPS) is 44.9. The molecule has 0 N–H and O–H groups in total. The monoisotopic (exact) mass is 255 g/mol. The lowest BCUT2D eigenvalue weighted by Crippen LogP contribution is -2.35. The molecule has 0 bridgehead atoms. The Bertz CT molecular complexity index is 506. The smallest absolute Gasteiger partial charge is 0.0921 e. The van der Waals surface area contributed by atoms with Crippen LogP contribution < -0.4 is 4.90 Å². The van der Waals surface area contributed by atoms with Gasteiger partial charge in [-0.1, -0.05) is 0 Å². The van der Waals surface area contributed by atoms with Gasteiger partial charge in [-0.05, 0) is 28.1 Å². The lowest BCUT2D eigenvalue weighted by molar-refractivity contribution is 0.123. The average molecular weight is 256 g/mol. The molecule has 2 heterocycles. The zero-order valence-corrected chi connectivity index (χ0v) is 8.20. The standard InChI is InChI=1S/C8H10BrNOS/c9-7-1-2-8(12-7)10-3-5-11-6-4-10/h1-2H,3-6H2/i3D2,4D2,5D2,6D2. The first-order valence-electron chi connectivity index (χ1n) is 7.09. The molecule has 2 rings (SSSR count). The second-order valence-electron chi connectivity index (χ2n) is 1.94. The van der Waals surface area contributed by atoms with Crippen LogP contribution in [0.15, 0.2) is 15.9 Å². The molecule has 1 aromatic heterocycles. The number of hydrogen-bond acceptors (Lipinski definition) is 3. The summed E-state index contributed by atoms with van der Waals surface area (Å²) >= 11 is 4.13. The molecule has 12 heavy (non-hydrogen) atoms. The Labute approximate surface area is 95.5 Å². The van der Waals surface area contributed by atoms with Crippen LogP contribution in [0.1, 0.15) is 11.0 Å². The maximum atomic E-state index is 7.84. The highest BCUT2D eigenvalue weighted by Crippen LogP contribution is 2.30. The summed E-state index contributed by atoms with van der Waals surface area (Å²) in [6.07, 6.45) is 0. The molecule has 1 aromatic rings. The first-order valence-corrected chi connectivity index (χ1v) is 4.70. The molecule has 66 valence electrons. The van der Waals surface area contributed by atoms with E-state index < -0.39 is 26.1 Å². The highest BCUT2D eigenvalue weighted by atomic mass is 79.9. The third kappa shape index (κ3) is 1.81. The van der Waals surface area contributed by atoms with Gasteiger partial charge in [0.05, 0.1) is 32.9 Å². The van der Waals surface area contributed by atoms with Crippen molar-refractivity contribution < 1.29 is 15.7 Å². The van der Waals surface area contributed by atoms with Gasteiger partial charge < -0.3 is 9.64 Å². The molecule has 0 saturated carbocycles. The molecule has 0 radical (unpaired) electrons. The molecule has 1 aliphatic rings. The van der Waals surface area contributed by atoms with Gasteiger partial charge in [-0.2, -0.15) is 0 Å². The van der Waals surface area contributed by atoms with Crippen molar-refractivity contribution in [3.8, 4) is 0 Å². The number of ether oxygens (including phenoxy) is 1. The Hall–Kier alpha value is -0.0600. The van der Waals surface area contributed by atoms with Crippen molar-refractivity contribution in [1.82, 2.24) is 0 Å². The molecule has 0 spiro atoms. The molecule has 0 unspecified atom stereocenters. The minimum atomic E-state index is -3.02. The Balaban J connectivity index is 2.64. The predicted octanol–water partition coefficient (Wildman–Crippen LogP) is 2.35. The molecule has 1 saturated heterocycles. The van der Waals surface area contributed by atoms with Gasteiger partial charge in [0.1, 0.15) is 0 Å².